The van der Waals surface area contributed by atoms with Crippen LogP contribution in [0.4, 0.5) is 18.9 Å². The Balaban J connectivity index is 0.000000493. The molecule has 0 fully saturated rings. The molecule has 0 aliphatic heterocycles. The number of aromatic amines is 1. The van der Waals surface area contributed by atoms with E-state index in [0.717, 1.165) is 22.3 Å². The summed E-state index contributed by atoms with van der Waals surface area (Å²) >= 11 is 0. The van der Waals surface area contributed by atoms with E-state index in [-0.39, 0.29) is 11.2 Å². The van der Waals surface area contributed by atoms with Crippen molar-refractivity contribution in [2.24, 2.45) is 5.73 Å². The first-order chi connectivity index (χ1) is 19.5. The summed E-state index contributed by atoms with van der Waals surface area (Å²) in [6.07, 6.45) is -3.53. The topological polar surface area (TPSA) is 152 Å². The number of nitrogens with zero attached hydrogens (tertiary/aromatic N) is 2. The van der Waals surface area contributed by atoms with Gasteiger partial charge < -0.3 is 15.8 Å². The van der Waals surface area contributed by atoms with Crippen molar-refractivity contribution in [3.8, 4) is 33.5 Å². The van der Waals surface area contributed by atoms with Crippen LogP contribution in [0.5, 0.6) is 0 Å². The maximum atomic E-state index is 12.8. The molecule has 0 aliphatic rings. The van der Waals surface area contributed by atoms with Gasteiger partial charge in [-0.05, 0) is 22.8 Å². The Morgan fingerprint density at radius 2 is 1.56 bits per heavy atom. The molecule has 0 atom stereocenters. The predicted octanol–water partition coefficient (Wildman–Crippen LogP) is 5.92. The maximum absolute atomic E-state index is 12.8. The van der Waals surface area contributed by atoms with Crippen LogP contribution in [-0.4, -0.2) is 32.1 Å². The zero-order valence-corrected chi connectivity index (χ0v) is 21.1. The first-order valence-corrected chi connectivity index (χ1v) is 12.0. The van der Waals surface area contributed by atoms with Gasteiger partial charge in [-0.1, -0.05) is 66.7 Å². The van der Waals surface area contributed by atoms with Crippen molar-refractivity contribution in [1.82, 2.24) is 9.97 Å². The number of pyridine rings is 2. The second-order valence-corrected chi connectivity index (χ2v) is 8.69. The molecule has 5 aromatic rings. The Morgan fingerprint density at radius 1 is 0.927 bits per heavy atom. The lowest BCUT2D eigenvalue weighted by atomic mass is 9.95. The van der Waals surface area contributed by atoms with Crippen molar-refractivity contribution in [2.45, 2.75) is 12.7 Å². The smallest absolute Gasteiger partial charge is 0.475 e. The zero-order valence-electron chi connectivity index (χ0n) is 21.1. The number of nitro groups is 1. The third-order valence-corrected chi connectivity index (χ3v) is 6.03. The number of fused-ring (bicyclic) bond motifs is 1. The van der Waals surface area contributed by atoms with Crippen molar-refractivity contribution in [1.29, 1.82) is 0 Å². The van der Waals surface area contributed by atoms with Crippen LogP contribution in [0.3, 0.4) is 0 Å². The van der Waals surface area contributed by atoms with Gasteiger partial charge in [0.05, 0.1) is 21.5 Å². The van der Waals surface area contributed by atoms with Gasteiger partial charge in [-0.15, -0.1) is 0 Å². The molecule has 41 heavy (non-hydrogen) atoms. The number of nitro benzene ring substituents is 1. The van der Waals surface area contributed by atoms with Gasteiger partial charge >= 0.3 is 12.1 Å². The summed E-state index contributed by atoms with van der Waals surface area (Å²) < 4.78 is 31.7. The first kappa shape index (κ1) is 28.6. The molecular formula is C29H21F3N4O5. The largest absolute Gasteiger partial charge is 0.490 e. The lowest BCUT2D eigenvalue weighted by Crippen LogP contribution is -2.21. The summed E-state index contributed by atoms with van der Waals surface area (Å²) in [6, 6.07) is 25.7. The number of nitrogens with two attached hydrogens (primary N) is 1. The number of carbonyl (C=O) groups is 1. The molecule has 0 aliphatic carbocycles. The summed E-state index contributed by atoms with van der Waals surface area (Å²) in [4.78, 5) is 40.3. The summed E-state index contributed by atoms with van der Waals surface area (Å²) in [5, 5.41) is 18.9. The molecule has 5 rings (SSSR count). The number of benzene rings is 3. The number of hydrogen-bond donors (Lipinski definition) is 3. The summed E-state index contributed by atoms with van der Waals surface area (Å²) in [5.74, 6) is -2.76. The maximum Gasteiger partial charge on any atom is 0.490 e. The van der Waals surface area contributed by atoms with Gasteiger partial charge in [-0.3, -0.25) is 14.9 Å². The second kappa shape index (κ2) is 11.8. The molecule has 2 heterocycles. The molecule has 4 N–H and O–H groups in total. The van der Waals surface area contributed by atoms with E-state index in [2.05, 4.69) is 4.98 Å². The average molecular weight is 563 g/mol. The van der Waals surface area contributed by atoms with Crippen molar-refractivity contribution >= 4 is 22.6 Å². The van der Waals surface area contributed by atoms with E-state index in [1.807, 2.05) is 60.7 Å². The Labute approximate surface area is 229 Å². The minimum absolute atomic E-state index is 0.0321. The van der Waals surface area contributed by atoms with Gasteiger partial charge in [0, 0.05) is 41.6 Å². The fraction of sp³-hybridized carbons (Fsp3) is 0.0690. The molecule has 2 aromatic heterocycles. The molecular weight excluding hydrogens is 541 g/mol. The van der Waals surface area contributed by atoms with Crippen molar-refractivity contribution < 1.29 is 28.0 Å². The van der Waals surface area contributed by atoms with E-state index in [1.165, 1.54) is 12.1 Å². The molecule has 3 aromatic carbocycles. The van der Waals surface area contributed by atoms with Crippen LogP contribution in [0.2, 0.25) is 0 Å². The van der Waals surface area contributed by atoms with Gasteiger partial charge in [0.1, 0.15) is 0 Å². The Morgan fingerprint density at radius 3 is 2.15 bits per heavy atom. The van der Waals surface area contributed by atoms with Gasteiger partial charge in [0.15, 0.2) is 0 Å². The van der Waals surface area contributed by atoms with Gasteiger partial charge in [-0.25, -0.2) is 9.78 Å². The van der Waals surface area contributed by atoms with Crippen LogP contribution in [-0.2, 0) is 11.3 Å². The molecule has 0 radical (unpaired) electrons. The minimum Gasteiger partial charge on any atom is -0.475 e. The summed E-state index contributed by atoms with van der Waals surface area (Å²) in [6.45, 7) is 0.434. The molecule has 9 nitrogen and oxygen atoms in total. The van der Waals surface area contributed by atoms with Gasteiger partial charge in [0.25, 0.3) is 11.2 Å². The highest BCUT2D eigenvalue weighted by molar-refractivity contribution is 5.98. The highest BCUT2D eigenvalue weighted by Crippen LogP contribution is 2.36. The van der Waals surface area contributed by atoms with E-state index in [4.69, 9.17) is 20.6 Å². The molecule has 208 valence electrons. The van der Waals surface area contributed by atoms with E-state index in [9.17, 15) is 28.1 Å². The first-order valence-electron chi connectivity index (χ1n) is 12.0. The molecule has 0 unspecified atom stereocenters. The number of rotatable bonds is 5. The Hall–Kier alpha value is -5.36. The number of halogens is 3. The highest BCUT2D eigenvalue weighted by atomic mass is 19.4. The fourth-order valence-electron chi connectivity index (χ4n) is 4.04. The van der Waals surface area contributed by atoms with Crippen LogP contribution in [0, 0.1) is 10.1 Å². The Kier molecular flexibility index (Phi) is 8.24. The number of H-pyrrole nitrogens is 1. The highest BCUT2D eigenvalue weighted by Gasteiger charge is 2.38. The van der Waals surface area contributed by atoms with E-state index in [1.54, 1.807) is 18.3 Å². The summed E-state index contributed by atoms with van der Waals surface area (Å²) in [7, 11) is 0. The predicted molar refractivity (Wildman–Crippen MR) is 147 cm³/mol. The average Bonchev–Trinajstić information content (AvgIpc) is 2.97. The van der Waals surface area contributed by atoms with Crippen molar-refractivity contribution in [2.75, 3.05) is 0 Å². The van der Waals surface area contributed by atoms with Crippen LogP contribution in [0.25, 0.3) is 44.4 Å². The normalized spacial score (nSPS) is 11.0. The Bertz CT molecular complexity index is 1790. The zero-order chi connectivity index (χ0) is 29.7. The molecule has 0 saturated heterocycles. The molecule has 0 amide bonds. The monoisotopic (exact) mass is 562 g/mol. The number of alkyl halides is 3. The van der Waals surface area contributed by atoms with Crippen molar-refractivity contribution in [3.05, 3.63) is 117 Å². The molecule has 0 bridgehead atoms. The van der Waals surface area contributed by atoms with Crippen LogP contribution in [0.1, 0.15) is 5.56 Å². The van der Waals surface area contributed by atoms with E-state index < -0.39 is 17.1 Å². The number of nitrogens with one attached hydrogen (secondary N) is 1. The second-order valence-electron chi connectivity index (χ2n) is 8.69. The number of non-ortho nitro benzene ring substituents is 1. The minimum atomic E-state index is -5.08. The number of aliphatic carboxylic acids is 1. The summed E-state index contributed by atoms with van der Waals surface area (Å²) in [5.41, 5.74) is 11.5. The molecule has 12 heteroatoms. The number of hydrogen-bond acceptors (Lipinski definition) is 6. The third-order valence-electron chi connectivity index (χ3n) is 6.03. The van der Waals surface area contributed by atoms with Crippen molar-refractivity contribution in [3.63, 3.8) is 0 Å². The van der Waals surface area contributed by atoms with Crippen LogP contribution in [0.15, 0.2) is 95.9 Å². The van der Waals surface area contributed by atoms with Gasteiger partial charge in [-0.2, -0.15) is 13.2 Å². The van der Waals surface area contributed by atoms with Crippen LogP contribution >= 0.6 is 0 Å². The fourth-order valence-corrected chi connectivity index (χ4v) is 4.04. The van der Waals surface area contributed by atoms with E-state index >= 15 is 0 Å². The number of carboxylic acid groups (broad SMARTS) is 1. The van der Waals surface area contributed by atoms with Gasteiger partial charge in [0.2, 0.25) is 0 Å². The molecule has 0 saturated carbocycles. The van der Waals surface area contributed by atoms with Crippen LogP contribution < -0.4 is 11.3 Å². The molecule has 0 spiro atoms. The SMILES string of the molecule is NCc1ccc(-c2nc3c(-c4cccc([N+](=O)[O-])c4)c[nH]c(=O)c3cc2-c2ccccc2)cc1.O=C(O)C(F)(F)F. The van der Waals surface area contributed by atoms with E-state index in [0.29, 0.717) is 34.3 Å². The third kappa shape index (κ3) is 6.45. The lowest BCUT2D eigenvalue weighted by molar-refractivity contribution is -0.384. The standard InChI is InChI=1S/C27H20N4O3.C2HF3O2/c28-15-17-9-11-19(12-10-17)25-22(18-5-2-1-3-6-18)14-23-26(30-25)24(16-29-27(23)32)20-7-4-8-21(13-20)31(33)34;3-2(4,5)1(6)7/h1-14,16H,15,28H2,(H,29,32);(H,6,7). The number of aromatic nitrogens is 2. The number of carboxylic acids is 1. The lowest BCUT2D eigenvalue weighted by Gasteiger charge is -2.14. The quantitative estimate of drug-likeness (QED) is 0.177.